The summed E-state index contributed by atoms with van der Waals surface area (Å²) >= 11 is 0. The van der Waals surface area contributed by atoms with Crippen LogP contribution in [-0.2, 0) is 0 Å². The van der Waals surface area contributed by atoms with E-state index in [1.807, 2.05) is 0 Å². The minimum atomic E-state index is 1.13. The Labute approximate surface area is 128 Å². The Hall–Kier alpha value is -0.520. The quantitative estimate of drug-likeness (QED) is 0.214. The monoisotopic (exact) mass is 278 g/mol. The number of unbranched alkanes of at least 4 members (excludes halogenated alkanes) is 11. The van der Waals surface area contributed by atoms with Gasteiger partial charge in [-0.2, -0.15) is 0 Å². The highest BCUT2D eigenvalue weighted by Crippen LogP contribution is 2.09. The van der Waals surface area contributed by atoms with Crippen LogP contribution in [0.5, 0.6) is 0 Å². The number of rotatable bonds is 15. The lowest BCUT2D eigenvalue weighted by molar-refractivity contribution is 0.577. The van der Waals surface area contributed by atoms with Gasteiger partial charge in [0.2, 0.25) is 0 Å². The Morgan fingerprint density at radius 1 is 0.450 bits per heavy atom. The lowest BCUT2D eigenvalue weighted by Gasteiger charge is -1.99. The molecule has 0 aliphatic heterocycles. The molecular formula is C20H38. The van der Waals surface area contributed by atoms with Gasteiger partial charge in [-0.25, -0.2) is 0 Å². The summed E-state index contributed by atoms with van der Waals surface area (Å²) in [5, 5.41) is 0. The molecule has 0 saturated heterocycles. The van der Waals surface area contributed by atoms with Crippen LogP contribution in [0, 0.1) is 0 Å². The molecular weight excluding hydrogens is 240 g/mol. The van der Waals surface area contributed by atoms with Crippen LogP contribution in [0.15, 0.2) is 24.3 Å². The summed E-state index contributed by atoms with van der Waals surface area (Å²) in [4.78, 5) is 0. The molecule has 0 nitrogen and oxygen atoms in total. The molecule has 20 heavy (non-hydrogen) atoms. The van der Waals surface area contributed by atoms with Crippen LogP contribution in [0.25, 0.3) is 0 Å². The van der Waals surface area contributed by atoms with Gasteiger partial charge >= 0.3 is 0 Å². The summed E-state index contributed by atoms with van der Waals surface area (Å²) in [7, 11) is 0. The van der Waals surface area contributed by atoms with Gasteiger partial charge in [-0.05, 0) is 32.1 Å². The van der Waals surface area contributed by atoms with Crippen LogP contribution in [0.2, 0.25) is 0 Å². The Kier molecular flexibility index (Phi) is 18.0. The van der Waals surface area contributed by atoms with Gasteiger partial charge in [0.25, 0.3) is 0 Å². The third-order valence-electron chi connectivity index (χ3n) is 3.80. The van der Waals surface area contributed by atoms with Crippen molar-refractivity contribution in [1.29, 1.82) is 0 Å². The Morgan fingerprint density at radius 3 is 1.40 bits per heavy atom. The van der Waals surface area contributed by atoms with Crippen molar-refractivity contribution >= 4 is 0 Å². The van der Waals surface area contributed by atoms with Crippen molar-refractivity contribution in [3.05, 3.63) is 24.3 Å². The van der Waals surface area contributed by atoms with Gasteiger partial charge in [0.1, 0.15) is 0 Å². The van der Waals surface area contributed by atoms with Crippen LogP contribution in [0.3, 0.4) is 0 Å². The smallest absolute Gasteiger partial charge is 0.0169 e. The summed E-state index contributed by atoms with van der Waals surface area (Å²) < 4.78 is 0. The molecule has 0 atom stereocenters. The van der Waals surface area contributed by atoms with Gasteiger partial charge in [-0.3, -0.25) is 0 Å². The second kappa shape index (κ2) is 18.5. The number of hydrogen-bond donors (Lipinski definition) is 0. The van der Waals surface area contributed by atoms with Crippen LogP contribution in [0.1, 0.15) is 104 Å². The molecule has 118 valence electrons. The molecule has 0 N–H and O–H groups in total. The van der Waals surface area contributed by atoms with Crippen LogP contribution < -0.4 is 0 Å². The van der Waals surface area contributed by atoms with Crippen molar-refractivity contribution in [2.45, 2.75) is 104 Å². The third kappa shape index (κ3) is 17.5. The van der Waals surface area contributed by atoms with Gasteiger partial charge in [0.05, 0.1) is 0 Å². The molecule has 0 aromatic heterocycles. The van der Waals surface area contributed by atoms with Crippen molar-refractivity contribution in [2.75, 3.05) is 0 Å². The van der Waals surface area contributed by atoms with Gasteiger partial charge in [0, 0.05) is 0 Å². The summed E-state index contributed by atoms with van der Waals surface area (Å²) in [6.07, 6.45) is 28.5. The zero-order valence-electron chi connectivity index (χ0n) is 14.2. The largest absolute Gasteiger partial charge is 0.0882 e. The van der Waals surface area contributed by atoms with E-state index in [9.17, 15) is 0 Å². The van der Waals surface area contributed by atoms with Crippen molar-refractivity contribution in [2.24, 2.45) is 0 Å². The van der Waals surface area contributed by atoms with Crippen LogP contribution in [-0.4, -0.2) is 0 Å². The average Bonchev–Trinajstić information content (AvgIpc) is 2.47. The predicted octanol–water partition coefficient (Wildman–Crippen LogP) is 7.60. The minimum absolute atomic E-state index is 1.13. The summed E-state index contributed by atoms with van der Waals surface area (Å²) in [5.74, 6) is 0. The predicted molar refractivity (Wildman–Crippen MR) is 94.3 cm³/mol. The van der Waals surface area contributed by atoms with Crippen LogP contribution >= 0.6 is 0 Å². The summed E-state index contributed by atoms with van der Waals surface area (Å²) in [6.45, 7) is 4.55. The second-order valence-corrected chi connectivity index (χ2v) is 5.94. The molecule has 0 saturated carbocycles. The van der Waals surface area contributed by atoms with Gasteiger partial charge in [0.15, 0.2) is 0 Å². The highest BCUT2D eigenvalue weighted by Gasteiger charge is 1.90. The average molecular weight is 279 g/mol. The highest BCUT2D eigenvalue weighted by atomic mass is 14.0. The molecule has 0 aliphatic carbocycles. The van der Waals surface area contributed by atoms with E-state index in [4.69, 9.17) is 0 Å². The van der Waals surface area contributed by atoms with E-state index in [-0.39, 0.29) is 0 Å². The van der Waals surface area contributed by atoms with Crippen molar-refractivity contribution < 1.29 is 0 Å². The molecule has 0 aromatic carbocycles. The van der Waals surface area contributed by atoms with E-state index in [2.05, 4.69) is 38.2 Å². The molecule has 0 bridgehead atoms. The number of hydrogen-bond acceptors (Lipinski definition) is 0. The van der Waals surface area contributed by atoms with Gasteiger partial charge < -0.3 is 0 Å². The lowest BCUT2D eigenvalue weighted by Crippen LogP contribution is -1.79. The topological polar surface area (TPSA) is 0 Å². The Morgan fingerprint density at radius 2 is 0.850 bits per heavy atom. The zero-order valence-corrected chi connectivity index (χ0v) is 14.2. The van der Waals surface area contributed by atoms with Crippen molar-refractivity contribution in [1.82, 2.24) is 0 Å². The zero-order chi connectivity index (χ0) is 14.7. The van der Waals surface area contributed by atoms with E-state index < -0.39 is 0 Å². The normalized spacial score (nSPS) is 11.9. The third-order valence-corrected chi connectivity index (χ3v) is 3.80. The highest BCUT2D eigenvalue weighted by molar-refractivity contribution is 4.92. The van der Waals surface area contributed by atoms with E-state index in [0.29, 0.717) is 0 Å². The molecule has 0 heterocycles. The fourth-order valence-corrected chi connectivity index (χ4v) is 2.41. The maximum atomic E-state index is 2.37. The van der Waals surface area contributed by atoms with E-state index in [1.54, 1.807) is 0 Å². The molecule has 0 heteroatoms. The van der Waals surface area contributed by atoms with E-state index >= 15 is 0 Å². The first-order valence-corrected chi connectivity index (χ1v) is 9.21. The molecule has 0 aromatic rings. The first-order chi connectivity index (χ1) is 9.91. The SMILES string of the molecule is CCCCC/C=C\C/C=C\CCCCCCCCCC. The van der Waals surface area contributed by atoms with Gasteiger partial charge in [-0.15, -0.1) is 0 Å². The maximum Gasteiger partial charge on any atom is -0.0169 e. The maximum absolute atomic E-state index is 2.37. The first-order valence-electron chi connectivity index (χ1n) is 9.21. The summed E-state index contributed by atoms with van der Waals surface area (Å²) in [5.41, 5.74) is 0. The minimum Gasteiger partial charge on any atom is -0.0882 e. The second-order valence-electron chi connectivity index (χ2n) is 5.94. The Bertz CT molecular complexity index is 212. The molecule has 0 spiro atoms. The van der Waals surface area contributed by atoms with Crippen molar-refractivity contribution in [3.8, 4) is 0 Å². The standard InChI is InChI=1S/C20H38/c1-3-5-7-9-11-13-15-17-19-20-18-16-14-12-10-8-6-4-2/h11,13,17,19H,3-10,12,14-16,18,20H2,1-2H3/b13-11-,19-17-. The van der Waals surface area contributed by atoms with Gasteiger partial charge in [-0.1, -0.05) is 95.9 Å². The number of allylic oxidation sites excluding steroid dienone is 4. The van der Waals surface area contributed by atoms with Crippen molar-refractivity contribution in [3.63, 3.8) is 0 Å². The molecule has 0 fully saturated rings. The molecule has 0 radical (unpaired) electrons. The van der Waals surface area contributed by atoms with E-state index in [1.165, 1.54) is 83.5 Å². The van der Waals surface area contributed by atoms with Crippen LogP contribution in [0.4, 0.5) is 0 Å². The molecule has 0 unspecified atom stereocenters. The first kappa shape index (κ1) is 19.5. The Balaban J connectivity index is 3.12. The molecule has 0 aliphatic rings. The lowest BCUT2D eigenvalue weighted by atomic mass is 10.1. The van der Waals surface area contributed by atoms with E-state index in [0.717, 1.165) is 6.42 Å². The fraction of sp³-hybridized carbons (Fsp3) is 0.800. The molecule has 0 amide bonds. The summed E-state index contributed by atoms with van der Waals surface area (Å²) in [6, 6.07) is 0. The molecule has 0 rings (SSSR count). The fourth-order valence-electron chi connectivity index (χ4n) is 2.41.